The van der Waals surface area contributed by atoms with E-state index in [9.17, 15) is 14.3 Å². The first-order valence-corrected chi connectivity index (χ1v) is 10.1. The summed E-state index contributed by atoms with van der Waals surface area (Å²) in [7, 11) is 3.89. The summed E-state index contributed by atoms with van der Waals surface area (Å²) in [5, 5.41) is 10.9. The molecule has 1 aliphatic rings. The molecular weight excluding hydrogens is 383 g/mol. The van der Waals surface area contributed by atoms with Gasteiger partial charge in [-0.05, 0) is 42.2 Å². The van der Waals surface area contributed by atoms with Crippen molar-refractivity contribution in [3.63, 3.8) is 0 Å². The first kappa shape index (κ1) is 20.3. The third kappa shape index (κ3) is 4.14. The quantitative estimate of drug-likeness (QED) is 0.644. The van der Waals surface area contributed by atoms with Gasteiger partial charge in [-0.15, -0.1) is 0 Å². The lowest BCUT2D eigenvalue weighted by molar-refractivity contribution is -0.160. The fraction of sp³-hybridized carbons (Fsp3) is 0.333. The summed E-state index contributed by atoms with van der Waals surface area (Å²) in [5.74, 6) is 0.187. The highest BCUT2D eigenvalue weighted by molar-refractivity contribution is 5.98. The number of anilines is 1. The van der Waals surface area contributed by atoms with Gasteiger partial charge in [0, 0.05) is 31.5 Å². The third-order valence-electron chi connectivity index (χ3n) is 5.48. The number of cyclic esters (lactones) is 1. The maximum Gasteiger partial charge on any atom is 0.308 e. The van der Waals surface area contributed by atoms with Crippen LogP contribution in [0.5, 0.6) is 0 Å². The molecule has 0 spiro atoms. The highest BCUT2D eigenvalue weighted by Gasteiger charge is 2.28. The molecule has 0 saturated carbocycles. The number of aliphatic hydroxyl groups is 1. The lowest BCUT2D eigenvalue weighted by Crippen LogP contribution is -2.33. The average Bonchev–Trinajstić information content (AvgIpc) is 2.71. The van der Waals surface area contributed by atoms with E-state index in [-0.39, 0.29) is 24.3 Å². The van der Waals surface area contributed by atoms with Gasteiger partial charge in [0.05, 0.1) is 18.0 Å². The standard InChI is InChI=1S/C24H25FN2O3/c1-27(2)24-20(12-11-18-13-17(28)14-22(29)30-18)23(15-7-9-16(25)10-8-15)19-5-3-4-6-21(19)26-24/h3-10,17-18,28H,11-14H2,1-2H3. The second-order valence-corrected chi connectivity index (χ2v) is 7.95. The molecule has 1 aromatic heterocycles. The van der Waals surface area contributed by atoms with E-state index < -0.39 is 6.10 Å². The van der Waals surface area contributed by atoms with Gasteiger partial charge in [-0.25, -0.2) is 9.37 Å². The summed E-state index contributed by atoms with van der Waals surface area (Å²) in [6.07, 6.45) is 0.702. The Morgan fingerprint density at radius 1 is 1.17 bits per heavy atom. The Hall–Kier alpha value is -2.99. The highest BCUT2D eigenvalue weighted by Crippen LogP contribution is 2.37. The number of carbonyl (C=O) groups is 1. The summed E-state index contributed by atoms with van der Waals surface area (Å²) in [4.78, 5) is 18.6. The van der Waals surface area contributed by atoms with Gasteiger partial charge in [0.25, 0.3) is 0 Å². The molecule has 30 heavy (non-hydrogen) atoms. The number of hydrogen-bond donors (Lipinski definition) is 1. The Bertz CT molecular complexity index is 1070. The minimum atomic E-state index is -0.657. The fourth-order valence-electron chi connectivity index (χ4n) is 4.13. The molecule has 1 N–H and O–H groups in total. The lowest BCUT2D eigenvalue weighted by atomic mass is 9.91. The number of pyridine rings is 1. The molecule has 1 aliphatic heterocycles. The van der Waals surface area contributed by atoms with Crippen LogP contribution in [0.15, 0.2) is 48.5 Å². The van der Waals surface area contributed by atoms with Crippen molar-refractivity contribution in [2.75, 3.05) is 19.0 Å². The summed E-state index contributed by atoms with van der Waals surface area (Å²) in [5.41, 5.74) is 3.80. The van der Waals surface area contributed by atoms with Gasteiger partial charge in [0.2, 0.25) is 0 Å². The molecule has 156 valence electrons. The van der Waals surface area contributed by atoms with Gasteiger partial charge in [0.15, 0.2) is 0 Å². The minimum Gasteiger partial charge on any atom is -0.462 e. The molecule has 6 heteroatoms. The maximum absolute atomic E-state index is 13.6. The minimum absolute atomic E-state index is 0.0534. The predicted octanol–water partition coefficient (Wildman–Crippen LogP) is 4.11. The Morgan fingerprint density at radius 2 is 1.90 bits per heavy atom. The first-order chi connectivity index (χ1) is 14.4. The van der Waals surface area contributed by atoms with Crippen LogP contribution in [0.3, 0.4) is 0 Å². The van der Waals surface area contributed by atoms with Crippen molar-refractivity contribution in [2.45, 2.75) is 37.9 Å². The van der Waals surface area contributed by atoms with Gasteiger partial charge in [-0.1, -0.05) is 30.3 Å². The number of para-hydroxylation sites is 1. The van der Waals surface area contributed by atoms with E-state index in [1.807, 2.05) is 43.3 Å². The van der Waals surface area contributed by atoms with Gasteiger partial charge in [0.1, 0.15) is 17.7 Å². The molecule has 2 aromatic carbocycles. The monoisotopic (exact) mass is 408 g/mol. The maximum atomic E-state index is 13.6. The molecule has 0 amide bonds. The third-order valence-corrected chi connectivity index (χ3v) is 5.48. The number of halogens is 1. The Balaban J connectivity index is 1.81. The van der Waals surface area contributed by atoms with Crippen LogP contribution >= 0.6 is 0 Å². The van der Waals surface area contributed by atoms with Crippen molar-refractivity contribution < 1.29 is 19.0 Å². The van der Waals surface area contributed by atoms with Crippen molar-refractivity contribution >= 4 is 22.7 Å². The molecule has 1 fully saturated rings. The lowest BCUT2D eigenvalue weighted by Gasteiger charge is -2.27. The zero-order chi connectivity index (χ0) is 21.3. The molecule has 0 aliphatic carbocycles. The first-order valence-electron chi connectivity index (χ1n) is 10.1. The van der Waals surface area contributed by atoms with Crippen molar-refractivity contribution in [2.24, 2.45) is 0 Å². The van der Waals surface area contributed by atoms with Crippen LogP contribution in [-0.2, 0) is 16.0 Å². The van der Waals surface area contributed by atoms with Crippen LogP contribution in [0.2, 0.25) is 0 Å². The summed E-state index contributed by atoms with van der Waals surface area (Å²) in [6, 6.07) is 14.4. The molecule has 1 saturated heterocycles. The van der Waals surface area contributed by atoms with Gasteiger partial charge in [-0.2, -0.15) is 0 Å². The van der Waals surface area contributed by atoms with E-state index in [1.54, 1.807) is 12.1 Å². The molecule has 2 heterocycles. The SMILES string of the molecule is CN(C)c1nc2ccccc2c(-c2ccc(F)cc2)c1CCC1CC(O)CC(=O)O1. The topological polar surface area (TPSA) is 62.7 Å². The van der Waals surface area contributed by atoms with Crippen LogP contribution in [0, 0.1) is 5.82 Å². The molecule has 5 nitrogen and oxygen atoms in total. The smallest absolute Gasteiger partial charge is 0.308 e. The van der Waals surface area contributed by atoms with Crippen molar-refractivity contribution in [1.29, 1.82) is 0 Å². The summed E-state index contributed by atoms with van der Waals surface area (Å²) in [6.45, 7) is 0. The van der Waals surface area contributed by atoms with Crippen LogP contribution < -0.4 is 4.90 Å². The number of esters is 1. The molecule has 0 bridgehead atoms. The van der Waals surface area contributed by atoms with Crippen molar-refractivity contribution in [1.82, 2.24) is 4.98 Å². The number of fused-ring (bicyclic) bond motifs is 1. The van der Waals surface area contributed by atoms with E-state index in [0.717, 1.165) is 33.4 Å². The van der Waals surface area contributed by atoms with Gasteiger partial charge in [-0.3, -0.25) is 4.79 Å². The molecule has 3 aromatic rings. The average molecular weight is 408 g/mol. The second-order valence-electron chi connectivity index (χ2n) is 7.95. The van der Waals surface area contributed by atoms with Crippen molar-refractivity contribution in [3.8, 4) is 11.1 Å². The second kappa shape index (κ2) is 8.40. The number of ether oxygens (including phenoxy) is 1. The van der Waals surface area contributed by atoms with Crippen LogP contribution in [0.1, 0.15) is 24.8 Å². The molecule has 2 unspecified atom stereocenters. The predicted molar refractivity (Wildman–Crippen MR) is 115 cm³/mol. The normalized spacial score (nSPS) is 19.0. The van der Waals surface area contributed by atoms with E-state index in [0.29, 0.717) is 19.3 Å². The van der Waals surface area contributed by atoms with Crippen LogP contribution in [-0.4, -0.2) is 42.4 Å². The van der Waals surface area contributed by atoms with E-state index in [1.165, 1.54) is 12.1 Å². The summed E-state index contributed by atoms with van der Waals surface area (Å²) >= 11 is 0. The number of benzene rings is 2. The Morgan fingerprint density at radius 3 is 2.60 bits per heavy atom. The number of aromatic nitrogens is 1. The van der Waals surface area contributed by atoms with E-state index in [2.05, 4.69) is 0 Å². The van der Waals surface area contributed by atoms with E-state index in [4.69, 9.17) is 9.72 Å². The molecule has 0 radical (unpaired) electrons. The Kier molecular flexibility index (Phi) is 5.68. The Labute approximate surface area is 175 Å². The van der Waals surface area contributed by atoms with Crippen LogP contribution in [0.25, 0.3) is 22.0 Å². The number of carbonyl (C=O) groups excluding carboxylic acids is 1. The van der Waals surface area contributed by atoms with E-state index >= 15 is 0 Å². The molecular formula is C24H25FN2O3. The van der Waals surface area contributed by atoms with Gasteiger partial charge >= 0.3 is 5.97 Å². The fourth-order valence-corrected chi connectivity index (χ4v) is 4.13. The molecule has 4 rings (SSSR count). The zero-order valence-electron chi connectivity index (χ0n) is 17.1. The highest BCUT2D eigenvalue weighted by atomic mass is 19.1. The number of hydrogen-bond acceptors (Lipinski definition) is 5. The van der Waals surface area contributed by atoms with Gasteiger partial charge < -0.3 is 14.7 Å². The van der Waals surface area contributed by atoms with Crippen LogP contribution in [0.4, 0.5) is 10.2 Å². The van der Waals surface area contributed by atoms with Crippen molar-refractivity contribution in [3.05, 3.63) is 59.9 Å². The number of rotatable bonds is 5. The summed E-state index contributed by atoms with van der Waals surface area (Å²) < 4.78 is 19.0. The largest absolute Gasteiger partial charge is 0.462 e. The molecule has 2 atom stereocenters. The number of aliphatic hydroxyl groups excluding tert-OH is 1. The number of nitrogens with zero attached hydrogens (tertiary/aromatic N) is 2. The zero-order valence-corrected chi connectivity index (χ0v) is 17.1.